The molecule has 0 bridgehead atoms. The molecule has 1 aliphatic carbocycles. The Bertz CT molecular complexity index is 213. The van der Waals surface area contributed by atoms with Crippen molar-refractivity contribution in [2.75, 3.05) is 0 Å². The Hall–Kier alpha value is -0.930. The van der Waals surface area contributed by atoms with Crippen LogP contribution < -0.4 is 5.32 Å². The van der Waals surface area contributed by atoms with Gasteiger partial charge in [0.05, 0.1) is 0 Å². The average molecular weight is 191 g/mol. The second-order valence-electron chi connectivity index (χ2n) is 3.11. The Kier molecular flexibility index (Phi) is 3.01. The zero-order valence-corrected chi connectivity index (χ0v) is 7.19. The molecule has 0 unspecified atom stereocenters. The normalized spacial score (nSPS) is 19.5. The smallest absolute Gasteiger partial charge is 0.301 e. The van der Waals surface area contributed by atoms with E-state index in [1.807, 2.05) is 0 Å². The zero-order valence-electron chi connectivity index (χ0n) is 7.19. The van der Waals surface area contributed by atoms with E-state index in [2.05, 4.69) is 6.58 Å². The van der Waals surface area contributed by atoms with Gasteiger partial charge < -0.3 is 5.32 Å². The Morgan fingerprint density at radius 2 is 2.00 bits per heavy atom. The van der Waals surface area contributed by atoms with Crippen LogP contribution in [-0.4, -0.2) is 6.30 Å². The molecule has 4 heteroatoms. The van der Waals surface area contributed by atoms with Crippen molar-refractivity contribution < 1.29 is 13.2 Å². The van der Waals surface area contributed by atoms with Crippen LogP contribution >= 0.6 is 0 Å². The van der Waals surface area contributed by atoms with Gasteiger partial charge in [-0.3, -0.25) is 0 Å². The van der Waals surface area contributed by atoms with Crippen molar-refractivity contribution in [3.63, 3.8) is 0 Å². The van der Waals surface area contributed by atoms with Crippen molar-refractivity contribution in [1.29, 1.82) is 0 Å². The van der Waals surface area contributed by atoms with Crippen molar-refractivity contribution in [2.24, 2.45) is 5.92 Å². The maximum absolute atomic E-state index is 12.0. The fraction of sp³-hybridized carbons (Fsp3) is 0.556. The number of rotatable bonds is 3. The molecule has 0 saturated heterocycles. The minimum absolute atomic E-state index is 0.0413. The van der Waals surface area contributed by atoms with Crippen LogP contribution in [0.1, 0.15) is 19.3 Å². The lowest BCUT2D eigenvalue weighted by Crippen LogP contribution is -2.35. The monoisotopic (exact) mass is 191 g/mol. The molecule has 0 aromatic rings. The molecule has 0 aromatic heterocycles. The molecule has 0 aromatic carbocycles. The van der Waals surface area contributed by atoms with Crippen LogP contribution in [0, 0.1) is 5.92 Å². The Labute approximate surface area is 75.3 Å². The van der Waals surface area contributed by atoms with Crippen LogP contribution in [0.3, 0.4) is 0 Å². The highest BCUT2D eigenvalue weighted by atomic mass is 19.4. The predicted octanol–water partition coefficient (Wildman–Crippen LogP) is 2.97. The summed E-state index contributed by atoms with van der Waals surface area (Å²) < 4.78 is 35.9. The third kappa shape index (κ3) is 3.13. The molecule has 1 nitrogen and oxygen atoms in total. The Morgan fingerprint density at radius 1 is 1.38 bits per heavy atom. The summed E-state index contributed by atoms with van der Waals surface area (Å²) in [5.74, 6) is 0.0413. The fourth-order valence-corrected chi connectivity index (χ4v) is 1.29. The van der Waals surface area contributed by atoms with Gasteiger partial charge in [0.15, 0.2) is 0 Å². The lowest BCUT2D eigenvalue weighted by molar-refractivity contribution is -0.151. The summed E-state index contributed by atoms with van der Waals surface area (Å²) in [5.41, 5.74) is 0.244. The molecule has 1 saturated carbocycles. The molecule has 0 aliphatic heterocycles. The van der Waals surface area contributed by atoms with Crippen LogP contribution in [-0.2, 0) is 0 Å². The van der Waals surface area contributed by atoms with Gasteiger partial charge >= 0.3 is 6.30 Å². The van der Waals surface area contributed by atoms with Crippen molar-refractivity contribution in [2.45, 2.75) is 25.6 Å². The predicted molar refractivity (Wildman–Crippen MR) is 44.8 cm³/mol. The number of halogens is 3. The highest BCUT2D eigenvalue weighted by Crippen LogP contribution is 2.33. The van der Waals surface area contributed by atoms with Gasteiger partial charge in [-0.1, -0.05) is 19.1 Å². The van der Waals surface area contributed by atoms with E-state index in [1.54, 1.807) is 5.32 Å². The summed E-state index contributed by atoms with van der Waals surface area (Å²) in [6.45, 7) is 3.39. The van der Waals surface area contributed by atoms with E-state index in [1.165, 1.54) is 12.2 Å². The molecule has 1 fully saturated rings. The molecule has 0 spiro atoms. The molecule has 0 heterocycles. The standard InChI is InChI=1S/C9H12F3N/c1-2-4-8(7-5-3-6-7)13-9(10,11)12/h2,4,7,13H,1,3,5-6H2/b8-4-. The summed E-state index contributed by atoms with van der Waals surface area (Å²) >= 11 is 0. The third-order valence-corrected chi connectivity index (χ3v) is 2.13. The minimum Gasteiger partial charge on any atom is -0.301 e. The largest absolute Gasteiger partial charge is 0.482 e. The van der Waals surface area contributed by atoms with E-state index in [9.17, 15) is 13.2 Å². The van der Waals surface area contributed by atoms with E-state index in [0.29, 0.717) is 0 Å². The summed E-state index contributed by atoms with van der Waals surface area (Å²) in [7, 11) is 0. The molecule has 1 aliphatic rings. The molecule has 1 rings (SSSR count). The maximum atomic E-state index is 12.0. The van der Waals surface area contributed by atoms with E-state index in [-0.39, 0.29) is 11.6 Å². The first-order chi connectivity index (χ1) is 6.03. The van der Waals surface area contributed by atoms with E-state index >= 15 is 0 Å². The summed E-state index contributed by atoms with van der Waals surface area (Å²) in [6, 6.07) is 0. The van der Waals surface area contributed by atoms with Gasteiger partial charge in [0.1, 0.15) is 0 Å². The van der Waals surface area contributed by atoms with Gasteiger partial charge in [-0.2, -0.15) is 13.2 Å². The lowest BCUT2D eigenvalue weighted by atomic mass is 9.82. The third-order valence-electron chi connectivity index (χ3n) is 2.13. The van der Waals surface area contributed by atoms with Gasteiger partial charge in [0.2, 0.25) is 0 Å². The van der Waals surface area contributed by atoms with Crippen LogP contribution in [0.25, 0.3) is 0 Å². The van der Waals surface area contributed by atoms with Crippen LogP contribution in [0.5, 0.6) is 0 Å². The van der Waals surface area contributed by atoms with Gasteiger partial charge in [-0.25, -0.2) is 0 Å². The van der Waals surface area contributed by atoms with Crippen molar-refractivity contribution >= 4 is 0 Å². The fourth-order valence-electron chi connectivity index (χ4n) is 1.29. The zero-order chi connectivity index (χ0) is 9.90. The second-order valence-corrected chi connectivity index (χ2v) is 3.11. The van der Waals surface area contributed by atoms with Gasteiger partial charge in [0.25, 0.3) is 0 Å². The number of alkyl halides is 3. The van der Waals surface area contributed by atoms with Crippen molar-refractivity contribution in [3.05, 3.63) is 24.4 Å². The van der Waals surface area contributed by atoms with Crippen molar-refractivity contribution in [3.8, 4) is 0 Å². The second kappa shape index (κ2) is 3.85. The molecule has 0 amide bonds. The molecule has 0 radical (unpaired) electrons. The molecule has 1 N–H and O–H groups in total. The van der Waals surface area contributed by atoms with Crippen LogP contribution in [0.2, 0.25) is 0 Å². The highest BCUT2D eigenvalue weighted by molar-refractivity contribution is 5.14. The average Bonchev–Trinajstić information content (AvgIpc) is 1.79. The summed E-state index contributed by atoms with van der Waals surface area (Å²) in [4.78, 5) is 0. The molecule has 0 atom stereocenters. The number of nitrogens with one attached hydrogen (secondary N) is 1. The number of hydrogen-bond acceptors (Lipinski definition) is 1. The first-order valence-electron chi connectivity index (χ1n) is 4.20. The van der Waals surface area contributed by atoms with E-state index < -0.39 is 6.30 Å². The number of allylic oxidation sites excluding steroid dienone is 3. The van der Waals surface area contributed by atoms with E-state index in [4.69, 9.17) is 0 Å². The first kappa shape index (κ1) is 10.2. The van der Waals surface area contributed by atoms with Crippen molar-refractivity contribution in [1.82, 2.24) is 5.32 Å². The van der Waals surface area contributed by atoms with Gasteiger partial charge in [0, 0.05) is 5.70 Å². The van der Waals surface area contributed by atoms with Crippen LogP contribution in [0.4, 0.5) is 13.2 Å². The minimum atomic E-state index is -4.33. The molecular weight excluding hydrogens is 179 g/mol. The Morgan fingerprint density at radius 3 is 2.31 bits per heavy atom. The quantitative estimate of drug-likeness (QED) is 0.534. The first-order valence-corrected chi connectivity index (χ1v) is 4.20. The van der Waals surface area contributed by atoms with Gasteiger partial charge in [-0.05, 0) is 24.8 Å². The number of hydrogen-bond donors (Lipinski definition) is 1. The SMILES string of the molecule is C=C/C=C(\NC(F)(F)F)C1CCC1. The molecule has 74 valence electrons. The highest BCUT2D eigenvalue weighted by Gasteiger charge is 2.32. The summed E-state index contributed by atoms with van der Waals surface area (Å²) in [6.07, 6.45) is 1.14. The summed E-state index contributed by atoms with van der Waals surface area (Å²) in [5, 5.41) is 1.55. The molecular formula is C9H12F3N. The maximum Gasteiger partial charge on any atom is 0.482 e. The van der Waals surface area contributed by atoms with E-state index in [0.717, 1.165) is 19.3 Å². The Balaban J connectivity index is 2.57. The van der Waals surface area contributed by atoms with Gasteiger partial charge in [-0.15, -0.1) is 0 Å². The topological polar surface area (TPSA) is 12.0 Å². The lowest BCUT2D eigenvalue weighted by Gasteiger charge is -2.29. The van der Waals surface area contributed by atoms with Crippen LogP contribution in [0.15, 0.2) is 24.4 Å². The molecule has 13 heavy (non-hydrogen) atoms.